The zero-order chi connectivity index (χ0) is 45.8. The number of anilines is 2. The minimum absolute atomic E-state index is 0.00737. The third-order valence-corrected chi connectivity index (χ3v) is 11.9. The van der Waals surface area contributed by atoms with Gasteiger partial charge >= 0.3 is 27.3 Å². The number of hydrogen-bond acceptors (Lipinski definition) is 19. The Balaban J connectivity index is 1.26. The van der Waals surface area contributed by atoms with Crippen LogP contribution in [0.3, 0.4) is 0 Å². The Hall–Kier alpha value is -4.72. The predicted octanol–water partition coefficient (Wildman–Crippen LogP) is 0.367. The Morgan fingerprint density at radius 2 is 1.67 bits per heavy atom. The van der Waals surface area contributed by atoms with E-state index in [2.05, 4.69) is 31.0 Å². The van der Waals surface area contributed by atoms with Gasteiger partial charge in [0, 0.05) is 24.7 Å². The Morgan fingerprint density at radius 3 is 2.35 bits per heavy atom. The second kappa shape index (κ2) is 20.0. The maximum absolute atomic E-state index is 14.2. The largest absolute Gasteiger partial charge is 0.472 e. The number of nitrogens with zero attached hydrogens (tertiary/aromatic N) is 7. The summed E-state index contributed by atoms with van der Waals surface area (Å²) in [6.07, 6.45) is -8.40. The fourth-order valence-corrected chi connectivity index (χ4v) is 8.43. The summed E-state index contributed by atoms with van der Waals surface area (Å²) >= 11 is 6.38. The van der Waals surface area contributed by atoms with Gasteiger partial charge in [0.2, 0.25) is 5.91 Å². The van der Waals surface area contributed by atoms with Crippen molar-refractivity contribution in [3.63, 3.8) is 0 Å². The Labute approximate surface area is 362 Å². The number of benzene rings is 1. The molecule has 25 nitrogen and oxygen atoms in total. The number of fused-ring (bicyclic) bond motifs is 1. The molecule has 3 aromatic heterocycles. The summed E-state index contributed by atoms with van der Waals surface area (Å²) in [5.74, 6) is -1.63. The predicted molar refractivity (Wildman–Crippen MR) is 217 cm³/mol. The number of likely N-dealkylation sites (N-methyl/N-ethyl adjacent to an activating group) is 1. The van der Waals surface area contributed by atoms with E-state index in [1.165, 1.54) is 35.0 Å². The number of hydrogen-bond donors (Lipinski definition) is 7. The first-order valence-corrected chi connectivity index (χ1v) is 22.3. The molecule has 2 fully saturated rings. The molecule has 1 aromatic carbocycles. The number of allylic oxidation sites excluding steroid dienone is 1. The van der Waals surface area contributed by atoms with Crippen LogP contribution in [-0.2, 0) is 52.9 Å². The van der Waals surface area contributed by atoms with Crippen LogP contribution in [0.1, 0.15) is 37.3 Å². The molecule has 0 spiro atoms. The first kappa shape index (κ1) is 47.8. The van der Waals surface area contributed by atoms with Gasteiger partial charge in [-0.05, 0) is 37.0 Å². The molecule has 5 heterocycles. The van der Waals surface area contributed by atoms with Crippen molar-refractivity contribution in [3.05, 3.63) is 82.9 Å². The van der Waals surface area contributed by atoms with Gasteiger partial charge in [0.05, 0.1) is 19.5 Å². The van der Waals surface area contributed by atoms with E-state index in [-0.39, 0.29) is 42.1 Å². The summed E-state index contributed by atoms with van der Waals surface area (Å²) < 4.78 is 59.8. The number of phosphoric acid groups is 2. The van der Waals surface area contributed by atoms with Gasteiger partial charge in [-0.2, -0.15) is 4.98 Å². The van der Waals surface area contributed by atoms with E-state index in [9.17, 15) is 48.4 Å². The van der Waals surface area contributed by atoms with Gasteiger partial charge in [-0.15, -0.1) is 6.58 Å². The number of ether oxygens (including phenoxy) is 3. The Kier molecular flexibility index (Phi) is 15.1. The van der Waals surface area contributed by atoms with E-state index in [1.54, 1.807) is 24.3 Å². The zero-order valence-corrected chi connectivity index (χ0v) is 35.7. The van der Waals surface area contributed by atoms with Crippen molar-refractivity contribution in [2.75, 3.05) is 31.7 Å². The molecule has 63 heavy (non-hydrogen) atoms. The number of phosphoric ester groups is 2. The number of aromatic nitrogens is 6. The van der Waals surface area contributed by atoms with E-state index in [1.807, 2.05) is 0 Å². The number of nitrogens with two attached hydrogens (primary N) is 2. The standard InChI is InChI=1S/C35H44ClN9O16P2/c1-3-4-9-24(46)43(2)20(11-10-18-7-5-6-8-19(18)36)34(49)60-28-21(58-33(26(28)47)45-17-41-25-30(38)39-16-40-31(25)45)15-57-63(54,55)61-29-22(14-56-62(51,52)53)59-32(27(29)48)44-13-12-23(37)42-35(44)50/h3,5-8,12-13,16-17,20-22,26-29,32-33,47-48H,1,4,9-11,14-15H2,2H3,(H,54,55)(H2,37,42,50)(H2,38,39,40)(H2,51,52,53)/t20-,21+,22+,26+,27+,28+,29+,32+,33+/m0/s1. The molecule has 2 aliphatic rings. The maximum Gasteiger partial charge on any atom is 0.472 e. The van der Waals surface area contributed by atoms with Gasteiger partial charge < -0.3 is 55.5 Å². The topological polar surface area (TPSA) is 359 Å². The minimum atomic E-state index is -5.43. The van der Waals surface area contributed by atoms with Crippen LogP contribution in [-0.4, -0.2) is 134 Å². The minimum Gasteiger partial charge on any atom is -0.455 e. The summed E-state index contributed by atoms with van der Waals surface area (Å²) in [5, 5.41) is 23.4. The van der Waals surface area contributed by atoms with Crippen molar-refractivity contribution in [1.29, 1.82) is 0 Å². The number of halogens is 1. The summed E-state index contributed by atoms with van der Waals surface area (Å²) in [6.45, 7) is 1.64. The van der Waals surface area contributed by atoms with Crippen LogP contribution in [0.25, 0.3) is 11.2 Å². The fourth-order valence-electron chi connectivity index (χ4n) is 6.89. The highest BCUT2D eigenvalue weighted by atomic mass is 35.5. The Bertz CT molecular complexity index is 2460. The molecule has 1 amide bonds. The van der Waals surface area contributed by atoms with Crippen molar-refractivity contribution >= 4 is 61.9 Å². The van der Waals surface area contributed by atoms with Gasteiger partial charge in [0.15, 0.2) is 30.0 Å². The zero-order valence-electron chi connectivity index (χ0n) is 33.1. The van der Waals surface area contributed by atoms with Crippen LogP contribution in [0.2, 0.25) is 5.02 Å². The molecule has 1 unspecified atom stereocenters. The Morgan fingerprint density at radius 1 is 1.00 bits per heavy atom. The van der Waals surface area contributed by atoms with Gasteiger partial charge in [0.1, 0.15) is 54.2 Å². The second-order valence-electron chi connectivity index (χ2n) is 14.2. The van der Waals surface area contributed by atoms with Crippen LogP contribution >= 0.6 is 27.2 Å². The van der Waals surface area contributed by atoms with E-state index in [0.29, 0.717) is 17.0 Å². The second-order valence-corrected chi connectivity index (χ2v) is 17.3. The fraction of sp³-hybridized carbons (Fsp3) is 0.457. The van der Waals surface area contributed by atoms with Crippen molar-refractivity contribution in [2.24, 2.45) is 0 Å². The molecule has 0 aliphatic carbocycles. The van der Waals surface area contributed by atoms with Gasteiger partial charge in [-0.1, -0.05) is 35.9 Å². The molecule has 6 rings (SSSR count). The first-order chi connectivity index (χ1) is 29.8. The number of carbonyl (C=O) groups is 2. The number of aliphatic hydroxyl groups excluding tert-OH is 2. The molecule has 0 radical (unpaired) electrons. The molecule has 9 N–H and O–H groups in total. The van der Waals surface area contributed by atoms with Crippen LogP contribution < -0.4 is 17.2 Å². The monoisotopic (exact) mass is 943 g/mol. The summed E-state index contributed by atoms with van der Waals surface area (Å²) in [6, 6.07) is 6.80. The molecule has 0 saturated carbocycles. The van der Waals surface area contributed by atoms with E-state index < -0.39 is 102 Å². The normalized spacial score (nSPS) is 25.1. The lowest BCUT2D eigenvalue weighted by Gasteiger charge is -2.30. The van der Waals surface area contributed by atoms with Crippen LogP contribution in [0.5, 0.6) is 0 Å². The first-order valence-electron chi connectivity index (χ1n) is 18.9. The maximum atomic E-state index is 14.2. The highest BCUT2D eigenvalue weighted by molar-refractivity contribution is 7.47. The average molecular weight is 944 g/mol. The molecule has 2 aliphatic heterocycles. The quantitative estimate of drug-likeness (QED) is 0.0379. The lowest BCUT2D eigenvalue weighted by molar-refractivity contribution is -0.165. The highest BCUT2D eigenvalue weighted by Gasteiger charge is 2.52. The number of rotatable bonds is 19. The van der Waals surface area contributed by atoms with E-state index in [0.717, 1.165) is 17.1 Å². The number of amides is 1. The summed E-state index contributed by atoms with van der Waals surface area (Å²) in [4.78, 5) is 86.6. The molecule has 28 heteroatoms. The van der Waals surface area contributed by atoms with Crippen molar-refractivity contribution in [3.8, 4) is 0 Å². The molecule has 342 valence electrons. The average Bonchev–Trinajstić information content (AvgIpc) is 3.88. The highest BCUT2D eigenvalue weighted by Crippen LogP contribution is 2.50. The number of aryl methyl sites for hydroxylation is 1. The third kappa shape index (κ3) is 11.3. The van der Waals surface area contributed by atoms with E-state index in [4.69, 9.17) is 46.3 Å². The molecule has 0 bridgehead atoms. The molecule has 2 saturated heterocycles. The van der Waals surface area contributed by atoms with Crippen LogP contribution in [0.4, 0.5) is 11.6 Å². The number of esters is 1. The molecular formula is C35H44ClN9O16P2. The van der Waals surface area contributed by atoms with Crippen LogP contribution in [0.15, 0.2) is 66.6 Å². The molecule has 10 atom stereocenters. The lowest BCUT2D eigenvalue weighted by atomic mass is 10.0. The van der Waals surface area contributed by atoms with Gasteiger partial charge in [-0.3, -0.25) is 27.5 Å². The van der Waals surface area contributed by atoms with Crippen molar-refractivity contribution < 1.29 is 71.4 Å². The number of carbonyl (C=O) groups excluding carboxylic acids is 2. The van der Waals surface area contributed by atoms with E-state index >= 15 is 0 Å². The summed E-state index contributed by atoms with van der Waals surface area (Å²) in [7, 11) is -9.21. The third-order valence-electron chi connectivity index (χ3n) is 10.1. The van der Waals surface area contributed by atoms with Gasteiger partial charge in [0.25, 0.3) is 0 Å². The van der Waals surface area contributed by atoms with Crippen molar-refractivity contribution in [1.82, 2.24) is 34.0 Å². The van der Waals surface area contributed by atoms with Crippen LogP contribution in [0, 0.1) is 0 Å². The SMILES string of the molecule is C=CCCC(=O)N(C)[C@@H](CCc1ccccc1Cl)C(=O)O[C@H]1[C@@H](O)[C@H](n2cnc3c(N)ncnc32)O[C@@H]1COP(=O)(O)O[C@H]1[C@@H](O)[C@H](n2ccc(N)nc2=O)O[C@@H]1COP(=O)(O)O. The molecular weight excluding hydrogens is 900 g/mol. The number of aliphatic hydroxyl groups is 2. The van der Waals surface area contributed by atoms with Crippen molar-refractivity contribution in [2.45, 2.75) is 80.8 Å². The molecule has 4 aromatic rings. The van der Waals surface area contributed by atoms with Gasteiger partial charge in [-0.25, -0.2) is 33.7 Å². The number of nitrogen functional groups attached to an aromatic ring is 2. The number of imidazole rings is 1. The summed E-state index contributed by atoms with van der Waals surface area (Å²) in [5.41, 5.74) is 11.4. The smallest absolute Gasteiger partial charge is 0.455 e. The lowest BCUT2D eigenvalue weighted by Crippen LogP contribution is -2.47.